The first kappa shape index (κ1) is 21.6. The van der Waals surface area contributed by atoms with Crippen molar-refractivity contribution >= 4 is 15.7 Å². The smallest absolute Gasteiger partial charge is 0.279 e. The summed E-state index contributed by atoms with van der Waals surface area (Å²) in [4.78, 5) is -0.259. The van der Waals surface area contributed by atoms with Crippen LogP contribution in [-0.2, 0) is 16.2 Å². The molecule has 0 bridgehead atoms. The highest BCUT2D eigenvalue weighted by Gasteiger charge is 2.38. The number of anilines is 1. The molecule has 0 radical (unpaired) electrons. The minimum absolute atomic E-state index is 0.249. The molecule has 0 aliphatic rings. The molecule has 11 heteroatoms. The maximum Gasteiger partial charge on any atom is 0.422 e. The Morgan fingerprint density at radius 3 is 1.80 bits per heavy atom. The lowest BCUT2D eigenvalue weighted by Crippen LogP contribution is -2.14. The Labute approximate surface area is 165 Å². The van der Waals surface area contributed by atoms with Crippen LogP contribution in [0.1, 0.15) is 5.56 Å². The fourth-order valence-electron chi connectivity index (χ4n) is 2.67. The molecule has 0 unspecified atom stereocenters. The van der Waals surface area contributed by atoms with Crippen LogP contribution in [0.25, 0.3) is 11.1 Å². The second kappa shape index (κ2) is 7.63. The van der Waals surface area contributed by atoms with E-state index in [0.717, 1.165) is 0 Å². The van der Waals surface area contributed by atoms with Gasteiger partial charge in [0.05, 0.1) is 10.6 Å². The van der Waals surface area contributed by atoms with E-state index < -0.39 is 61.8 Å². The molecule has 0 spiro atoms. The van der Waals surface area contributed by atoms with Crippen LogP contribution in [0.2, 0.25) is 0 Å². The second-order valence-corrected chi connectivity index (χ2v) is 7.73. The van der Waals surface area contributed by atoms with Crippen molar-refractivity contribution in [1.82, 2.24) is 0 Å². The molecule has 0 fully saturated rings. The Balaban J connectivity index is 2.17. The van der Waals surface area contributed by atoms with Crippen molar-refractivity contribution in [2.75, 3.05) is 4.72 Å². The summed E-state index contributed by atoms with van der Waals surface area (Å²) in [5, 5.41) is 0. The van der Waals surface area contributed by atoms with Crippen molar-refractivity contribution < 1.29 is 39.2 Å². The van der Waals surface area contributed by atoms with Gasteiger partial charge in [-0.15, -0.1) is 0 Å². The summed E-state index contributed by atoms with van der Waals surface area (Å²) < 4.78 is 121. The lowest BCUT2D eigenvalue weighted by atomic mass is 10.0. The van der Waals surface area contributed by atoms with Crippen molar-refractivity contribution in [1.29, 1.82) is 0 Å². The summed E-state index contributed by atoms with van der Waals surface area (Å²) in [6.45, 7) is 0. The molecule has 3 aromatic rings. The monoisotopic (exact) mass is 449 g/mol. The molecule has 3 rings (SSSR count). The van der Waals surface area contributed by atoms with Crippen molar-refractivity contribution in [3.63, 3.8) is 0 Å². The molecule has 0 heterocycles. The largest absolute Gasteiger partial charge is 0.422 e. The molecule has 0 aromatic heterocycles. The Morgan fingerprint density at radius 1 is 0.733 bits per heavy atom. The number of rotatable bonds is 4. The van der Waals surface area contributed by atoms with Gasteiger partial charge in [-0.1, -0.05) is 18.2 Å². The zero-order valence-electron chi connectivity index (χ0n) is 14.6. The highest BCUT2D eigenvalue weighted by molar-refractivity contribution is 7.92. The van der Waals surface area contributed by atoms with Crippen LogP contribution in [0.15, 0.2) is 59.5 Å². The van der Waals surface area contributed by atoms with Crippen molar-refractivity contribution in [2.45, 2.75) is 11.1 Å². The van der Waals surface area contributed by atoms with E-state index in [0.29, 0.717) is 12.1 Å². The van der Waals surface area contributed by atoms with Gasteiger partial charge in [-0.05, 0) is 35.9 Å². The number of benzene rings is 3. The number of nitrogens with one attached hydrogen (secondary N) is 1. The standard InChI is InChI=1S/C19H10F7NO2S/c20-13-8-12(10-6-15(22)18(16(23)7-10)19(24,25)26)17(9-14(13)21)27-30(28,29)11-4-2-1-3-5-11/h1-9,27H. The van der Waals surface area contributed by atoms with Crippen molar-refractivity contribution in [3.05, 3.63) is 83.4 Å². The van der Waals surface area contributed by atoms with Gasteiger partial charge in [-0.2, -0.15) is 13.2 Å². The van der Waals surface area contributed by atoms with E-state index in [2.05, 4.69) is 0 Å². The highest BCUT2D eigenvalue weighted by atomic mass is 32.2. The third kappa shape index (κ3) is 4.25. The fraction of sp³-hybridized carbons (Fsp3) is 0.0526. The summed E-state index contributed by atoms with van der Waals surface area (Å²) in [5.41, 5.74) is -4.00. The third-order valence-corrected chi connectivity index (χ3v) is 5.38. The first-order valence-electron chi connectivity index (χ1n) is 8.03. The Morgan fingerprint density at radius 2 is 1.27 bits per heavy atom. The van der Waals surface area contributed by atoms with E-state index in [1.54, 1.807) is 0 Å². The van der Waals surface area contributed by atoms with Gasteiger partial charge in [0.1, 0.15) is 17.2 Å². The predicted octanol–water partition coefficient (Wildman–Crippen LogP) is 5.73. The average molecular weight is 449 g/mol. The van der Waals surface area contributed by atoms with E-state index in [9.17, 15) is 39.2 Å². The highest BCUT2D eigenvalue weighted by Crippen LogP contribution is 2.38. The van der Waals surface area contributed by atoms with Crippen LogP contribution >= 0.6 is 0 Å². The number of alkyl halides is 3. The first-order valence-corrected chi connectivity index (χ1v) is 9.52. The van der Waals surface area contributed by atoms with Crippen LogP contribution in [0.5, 0.6) is 0 Å². The quantitative estimate of drug-likeness (QED) is 0.517. The van der Waals surface area contributed by atoms with Gasteiger partial charge in [0.25, 0.3) is 10.0 Å². The maximum absolute atomic E-state index is 13.9. The molecule has 0 saturated carbocycles. The molecule has 0 saturated heterocycles. The van der Waals surface area contributed by atoms with Crippen molar-refractivity contribution in [2.24, 2.45) is 0 Å². The van der Waals surface area contributed by atoms with Crippen LogP contribution in [0.3, 0.4) is 0 Å². The number of sulfonamides is 1. The van der Waals surface area contributed by atoms with Crippen molar-refractivity contribution in [3.8, 4) is 11.1 Å². The summed E-state index contributed by atoms with van der Waals surface area (Å²) in [5.74, 6) is -7.00. The number of hydrogen-bond acceptors (Lipinski definition) is 2. The summed E-state index contributed by atoms with van der Waals surface area (Å²) >= 11 is 0. The van der Waals surface area contributed by atoms with Gasteiger partial charge in [-0.3, -0.25) is 4.72 Å². The molecular formula is C19H10F7NO2S. The van der Waals surface area contributed by atoms with E-state index in [-0.39, 0.29) is 17.0 Å². The molecular weight excluding hydrogens is 439 g/mol. The molecule has 0 aliphatic carbocycles. The van der Waals surface area contributed by atoms with E-state index >= 15 is 0 Å². The average Bonchev–Trinajstić information content (AvgIpc) is 2.63. The van der Waals surface area contributed by atoms with E-state index in [1.807, 2.05) is 4.72 Å². The minimum Gasteiger partial charge on any atom is -0.279 e. The molecule has 0 aliphatic heterocycles. The molecule has 3 aromatic carbocycles. The normalized spacial score (nSPS) is 12.1. The molecule has 158 valence electrons. The lowest BCUT2D eigenvalue weighted by molar-refractivity contribution is -0.142. The summed E-state index contributed by atoms with van der Waals surface area (Å²) in [6.07, 6.45) is -5.33. The minimum atomic E-state index is -5.33. The maximum atomic E-state index is 13.9. The second-order valence-electron chi connectivity index (χ2n) is 6.04. The molecule has 0 amide bonds. The van der Waals surface area contributed by atoms with Gasteiger partial charge in [0.2, 0.25) is 0 Å². The lowest BCUT2D eigenvalue weighted by Gasteiger charge is -2.15. The Kier molecular flexibility index (Phi) is 5.50. The summed E-state index contributed by atoms with van der Waals surface area (Å²) in [7, 11) is -4.33. The summed E-state index contributed by atoms with van der Waals surface area (Å²) in [6, 6.07) is 8.02. The van der Waals surface area contributed by atoms with Gasteiger partial charge in [-0.25, -0.2) is 26.0 Å². The fourth-order valence-corrected chi connectivity index (χ4v) is 3.76. The van der Waals surface area contributed by atoms with Crippen LogP contribution in [0.4, 0.5) is 36.4 Å². The van der Waals surface area contributed by atoms with E-state index in [1.165, 1.54) is 30.3 Å². The molecule has 0 atom stereocenters. The topological polar surface area (TPSA) is 46.2 Å². The molecule has 3 nitrogen and oxygen atoms in total. The van der Waals surface area contributed by atoms with Gasteiger partial charge < -0.3 is 0 Å². The first-order chi connectivity index (χ1) is 13.9. The van der Waals surface area contributed by atoms with Gasteiger partial charge in [0, 0.05) is 11.6 Å². The Hall–Kier alpha value is -3.08. The van der Waals surface area contributed by atoms with Gasteiger partial charge in [0.15, 0.2) is 11.6 Å². The third-order valence-electron chi connectivity index (χ3n) is 3.99. The van der Waals surface area contributed by atoms with Crippen LogP contribution in [-0.4, -0.2) is 8.42 Å². The molecule has 1 N–H and O–H groups in total. The zero-order valence-corrected chi connectivity index (χ0v) is 15.4. The zero-order chi connectivity index (χ0) is 22.3. The van der Waals surface area contributed by atoms with Gasteiger partial charge >= 0.3 is 6.18 Å². The number of halogens is 7. The SMILES string of the molecule is O=S(=O)(Nc1cc(F)c(F)cc1-c1cc(F)c(C(F)(F)F)c(F)c1)c1ccccc1. The molecule has 30 heavy (non-hydrogen) atoms. The number of hydrogen-bond donors (Lipinski definition) is 1. The van der Waals surface area contributed by atoms with E-state index in [4.69, 9.17) is 0 Å². The Bertz CT molecular complexity index is 1190. The van der Waals surface area contributed by atoms with Crippen LogP contribution in [0, 0.1) is 23.3 Å². The predicted molar refractivity (Wildman–Crippen MR) is 94.0 cm³/mol. The van der Waals surface area contributed by atoms with Crippen LogP contribution < -0.4 is 4.72 Å².